The summed E-state index contributed by atoms with van der Waals surface area (Å²) in [6, 6.07) is 4.08. The van der Waals surface area contributed by atoms with E-state index in [1.807, 2.05) is 11.4 Å². The molecule has 0 spiro atoms. The van der Waals surface area contributed by atoms with E-state index in [-0.39, 0.29) is 0 Å². The topological polar surface area (TPSA) is 22.1 Å². The molecule has 0 unspecified atom stereocenters. The van der Waals surface area contributed by atoms with Crippen molar-refractivity contribution in [2.45, 2.75) is 13.2 Å². The molecule has 74 valence electrons. The summed E-state index contributed by atoms with van der Waals surface area (Å²) >= 11 is 8.85. The number of halogens is 1. The lowest BCUT2D eigenvalue weighted by atomic mass is 10.5. The number of hydrogen-bond donors (Lipinski definition) is 0. The molecule has 2 nitrogen and oxygen atoms in total. The van der Waals surface area contributed by atoms with Crippen LogP contribution in [0.4, 0.5) is 0 Å². The summed E-state index contributed by atoms with van der Waals surface area (Å²) in [7, 11) is 0. The second-order valence-corrected chi connectivity index (χ2v) is 5.38. The molecule has 0 aliphatic rings. The van der Waals surface area contributed by atoms with Gasteiger partial charge in [0.1, 0.15) is 0 Å². The van der Waals surface area contributed by atoms with E-state index in [0.29, 0.717) is 17.7 Å². The second kappa shape index (κ2) is 4.89. The summed E-state index contributed by atoms with van der Waals surface area (Å²) in [6.45, 7) is 1.25. The molecule has 2 rings (SSSR count). The minimum absolute atomic E-state index is 0.569. The molecule has 0 aliphatic carbocycles. The number of ether oxygens (including phenoxy) is 1. The number of thiophene rings is 1. The lowest BCUT2D eigenvalue weighted by molar-refractivity contribution is 0.111. The maximum atomic E-state index is 5.69. The Morgan fingerprint density at radius 3 is 2.86 bits per heavy atom. The molecule has 0 fully saturated rings. The lowest BCUT2D eigenvalue weighted by Crippen LogP contribution is -1.89. The smallest absolute Gasteiger partial charge is 0.183 e. The first-order valence-corrected chi connectivity index (χ1v) is 6.12. The summed E-state index contributed by atoms with van der Waals surface area (Å²) in [6.07, 6.45) is 1.75. The molecule has 0 aliphatic heterocycles. The van der Waals surface area contributed by atoms with Crippen molar-refractivity contribution in [2.75, 3.05) is 0 Å². The van der Waals surface area contributed by atoms with Crippen LogP contribution in [0.1, 0.15) is 9.75 Å². The van der Waals surface area contributed by atoms with Crippen LogP contribution in [0.25, 0.3) is 0 Å². The number of thiazole rings is 1. The molecule has 0 aromatic carbocycles. The first-order valence-electron chi connectivity index (χ1n) is 4.05. The Balaban J connectivity index is 1.78. The molecule has 14 heavy (non-hydrogen) atoms. The molecule has 0 N–H and O–H groups in total. The highest BCUT2D eigenvalue weighted by Gasteiger charge is 2.00. The van der Waals surface area contributed by atoms with Gasteiger partial charge in [-0.15, -0.1) is 22.7 Å². The second-order valence-electron chi connectivity index (χ2n) is 2.65. The van der Waals surface area contributed by atoms with Crippen molar-refractivity contribution in [1.29, 1.82) is 0 Å². The average Bonchev–Trinajstić information content (AvgIpc) is 2.77. The van der Waals surface area contributed by atoms with Crippen LogP contribution in [0.2, 0.25) is 4.47 Å². The van der Waals surface area contributed by atoms with Gasteiger partial charge in [-0.05, 0) is 11.4 Å². The van der Waals surface area contributed by atoms with E-state index < -0.39 is 0 Å². The van der Waals surface area contributed by atoms with Crippen LogP contribution in [0.15, 0.2) is 23.7 Å². The Kier molecular flexibility index (Phi) is 3.53. The largest absolute Gasteiger partial charge is 0.370 e. The van der Waals surface area contributed by atoms with E-state index in [1.54, 1.807) is 17.5 Å². The van der Waals surface area contributed by atoms with Crippen molar-refractivity contribution in [3.05, 3.63) is 37.9 Å². The molecule has 5 heteroatoms. The third kappa shape index (κ3) is 2.78. The van der Waals surface area contributed by atoms with Crippen molar-refractivity contribution in [1.82, 2.24) is 4.98 Å². The van der Waals surface area contributed by atoms with Gasteiger partial charge < -0.3 is 4.74 Å². The molecular weight excluding hydrogens is 238 g/mol. The Bertz CT molecular complexity index is 385. The predicted octanol–water partition coefficient (Wildman–Crippen LogP) is 3.57. The molecule has 0 saturated heterocycles. The molecule has 0 saturated carbocycles. The van der Waals surface area contributed by atoms with Crippen molar-refractivity contribution in [2.24, 2.45) is 0 Å². The Labute approximate surface area is 95.1 Å². The summed E-state index contributed by atoms with van der Waals surface area (Å²) in [5.74, 6) is 0. The number of rotatable bonds is 4. The van der Waals surface area contributed by atoms with E-state index in [4.69, 9.17) is 16.3 Å². The zero-order chi connectivity index (χ0) is 9.80. The van der Waals surface area contributed by atoms with Crippen LogP contribution in [-0.2, 0) is 18.0 Å². The quantitative estimate of drug-likeness (QED) is 0.822. The number of hydrogen-bond acceptors (Lipinski definition) is 4. The summed E-state index contributed by atoms with van der Waals surface area (Å²) < 4.78 is 6.07. The van der Waals surface area contributed by atoms with Gasteiger partial charge in [0.15, 0.2) is 4.47 Å². The van der Waals surface area contributed by atoms with Crippen molar-refractivity contribution >= 4 is 34.3 Å². The van der Waals surface area contributed by atoms with Gasteiger partial charge in [-0.3, -0.25) is 0 Å². The SMILES string of the molecule is Clc1ncc(COCc2cccs2)s1. The van der Waals surface area contributed by atoms with E-state index in [1.165, 1.54) is 16.2 Å². The van der Waals surface area contributed by atoms with Gasteiger partial charge in [0.05, 0.1) is 18.1 Å². The van der Waals surface area contributed by atoms with Crippen LogP contribution >= 0.6 is 34.3 Å². The maximum absolute atomic E-state index is 5.69. The fraction of sp³-hybridized carbons (Fsp3) is 0.222. The van der Waals surface area contributed by atoms with Gasteiger partial charge in [-0.1, -0.05) is 17.7 Å². The van der Waals surface area contributed by atoms with E-state index in [0.717, 1.165) is 4.88 Å². The Morgan fingerprint density at radius 2 is 2.21 bits per heavy atom. The number of nitrogens with zero attached hydrogens (tertiary/aromatic N) is 1. The van der Waals surface area contributed by atoms with E-state index >= 15 is 0 Å². The molecule has 0 radical (unpaired) electrons. The van der Waals surface area contributed by atoms with Gasteiger partial charge in [0, 0.05) is 11.1 Å². The first-order chi connectivity index (χ1) is 6.84. The summed E-state index contributed by atoms with van der Waals surface area (Å²) in [5, 5.41) is 2.04. The summed E-state index contributed by atoms with van der Waals surface area (Å²) in [4.78, 5) is 6.24. The molecule has 0 atom stereocenters. The third-order valence-corrected chi connectivity index (χ3v) is 3.53. The Hall–Kier alpha value is -0.420. The fourth-order valence-corrected chi connectivity index (χ4v) is 2.55. The molecular formula is C9H8ClNOS2. The average molecular weight is 246 g/mol. The van der Waals surface area contributed by atoms with Gasteiger partial charge in [0.25, 0.3) is 0 Å². The van der Waals surface area contributed by atoms with Crippen LogP contribution < -0.4 is 0 Å². The zero-order valence-electron chi connectivity index (χ0n) is 7.27. The molecule has 2 heterocycles. The van der Waals surface area contributed by atoms with Crippen LogP contribution in [0.3, 0.4) is 0 Å². The molecule has 0 bridgehead atoms. The Morgan fingerprint density at radius 1 is 1.36 bits per heavy atom. The minimum atomic E-state index is 0.569. The summed E-state index contributed by atoms with van der Waals surface area (Å²) in [5.41, 5.74) is 0. The maximum Gasteiger partial charge on any atom is 0.183 e. The highest BCUT2D eigenvalue weighted by Crippen LogP contribution is 2.19. The van der Waals surface area contributed by atoms with Crippen LogP contribution in [0.5, 0.6) is 0 Å². The molecule has 2 aromatic heterocycles. The van der Waals surface area contributed by atoms with E-state index in [9.17, 15) is 0 Å². The minimum Gasteiger partial charge on any atom is -0.370 e. The highest BCUT2D eigenvalue weighted by atomic mass is 35.5. The lowest BCUT2D eigenvalue weighted by Gasteiger charge is -1.98. The predicted molar refractivity (Wildman–Crippen MR) is 59.9 cm³/mol. The molecule has 2 aromatic rings. The number of aromatic nitrogens is 1. The van der Waals surface area contributed by atoms with E-state index in [2.05, 4.69) is 11.1 Å². The van der Waals surface area contributed by atoms with Gasteiger partial charge >= 0.3 is 0 Å². The van der Waals surface area contributed by atoms with Gasteiger partial charge in [-0.2, -0.15) is 0 Å². The normalized spacial score (nSPS) is 10.6. The first kappa shape index (κ1) is 10.1. The van der Waals surface area contributed by atoms with Crippen LogP contribution in [0, 0.1) is 0 Å². The third-order valence-electron chi connectivity index (χ3n) is 1.59. The monoisotopic (exact) mass is 245 g/mol. The van der Waals surface area contributed by atoms with Crippen molar-refractivity contribution < 1.29 is 4.74 Å². The van der Waals surface area contributed by atoms with Crippen molar-refractivity contribution in [3.8, 4) is 0 Å². The highest BCUT2D eigenvalue weighted by molar-refractivity contribution is 7.15. The van der Waals surface area contributed by atoms with Gasteiger partial charge in [0.2, 0.25) is 0 Å². The fourth-order valence-electron chi connectivity index (χ4n) is 0.997. The molecule has 0 amide bonds. The van der Waals surface area contributed by atoms with Crippen molar-refractivity contribution in [3.63, 3.8) is 0 Å². The van der Waals surface area contributed by atoms with Gasteiger partial charge in [-0.25, -0.2) is 4.98 Å². The zero-order valence-corrected chi connectivity index (χ0v) is 9.66. The standard InChI is InChI=1S/C9H8ClNOS2/c10-9-11-4-8(14-9)6-12-5-7-2-1-3-13-7/h1-4H,5-6H2. The van der Waals surface area contributed by atoms with Crippen LogP contribution in [-0.4, -0.2) is 4.98 Å².